The Kier molecular flexibility index (Phi) is 6.06. The summed E-state index contributed by atoms with van der Waals surface area (Å²) in [6.45, 7) is 11.9. The molecule has 1 heterocycles. The van der Waals surface area contributed by atoms with E-state index < -0.39 is 20.5 Å². The molecule has 2 atom stereocenters. The van der Waals surface area contributed by atoms with Gasteiger partial charge in [0.2, 0.25) is 5.91 Å². The molecule has 2 unspecified atom stereocenters. The topological polar surface area (TPSA) is 105 Å². The Hall–Kier alpha value is -1.90. The van der Waals surface area contributed by atoms with Crippen molar-refractivity contribution in [2.75, 3.05) is 18.0 Å². The summed E-state index contributed by atoms with van der Waals surface area (Å²) in [7, 11) is -2.07. The molecule has 3 rings (SSSR count). The molecule has 2 fully saturated rings. The molecule has 166 valence electrons. The van der Waals surface area contributed by atoms with E-state index in [0.717, 1.165) is 18.5 Å². The van der Waals surface area contributed by atoms with E-state index in [9.17, 15) is 14.7 Å². The van der Waals surface area contributed by atoms with Crippen molar-refractivity contribution in [3.05, 3.63) is 29.8 Å². The molecular formula is C22H35N3O4Si. The van der Waals surface area contributed by atoms with Crippen LogP contribution in [0.15, 0.2) is 24.3 Å². The van der Waals surface area contributed by atoms with Gasteiger partial charge in [-0.3, -0.25) is 4.79 Å². The summed E-state index contributed by atoms with van der Waals surface area (Å²) in [5.41, 5.74) is 7.99. The van der Waals surface area contributed by atoms with Gasteiger partial charge in [-0.2, -0.15) is 0 Å². The first-order valence-corrected chi connectivity index (χ1v) is 13.6. The van der Waals surface area contributed by atoms with E-state index in [1.165, 1.54) is 5.56 Å². The summed E-state index contributed by atoms with van der Waals surface area (Å²) in [5.74, 6) is -0.236. The van der Waals surface area contributed by atoms with E-state index in [1.807, 2.05) is 24.3 Å². The maximum absolute atomic E-state index is 13.1. The quantitative estimate of drug-likeness (QED) is 0.596. The van der Waals surface area contributed by atoms with Crippen molar-refractivity contribution in [2.45, 2.75) is 75.7 Å². The summed E-state index contributed by atoms with van der Waals surface area (Å²) in [4.78, 5) is 26.0. The second-order valence-corrected chi connectivity index (χ2v) is 15.0. The highest BCUT2D eigenvalue weighted by molar-refractivity contribution is 6.74. The summed E-state index contributed by atoms with van der Waals surface area (Å²) in [5, 5.41) is 11.6. The number of rotatable bonds is 6. The Morgan fingerprint density at radius 3 is 2.37 bits per heavy atom. The van der Waals surface area contributed by atoms with Gasteiger partial charge >= 0.3 is 6.09 Å². The minimum atomic E-state index is -2.07. The van der Waals surface area contributed by atoms with Crippen molar-refractivity contribution in [2.24, 2.45) is 5.73 Å². The molecule has 30 heavy (non-hydrogen) atoms. The van der Waals surface area contributed by atoms with Crippen LogP contribution in [0.5, 0.6) is 0 Å². The molecule has 1 aromatic carbocycles. The number of nitrogens with two attached hydrogens (primary N) is 1. The van der Waals surface area contributed by atoms with E-state index in [2.05, 4.69) is 39.2 Å². The molecule has 1 aliphatic heterocycles. The summed E-state index contributed by atoms with van der Waals surface area (Å²) in [6, 6.07) is 7.15. The zero-order valence-electron chi connectivity index (χ0n) is 18.7. The fourth-order valence-corrected chi connectivity index (χ4v) is 5.22. The Labute approximate surface area is 180 Å². The first-order chi connectivity index (χ1) is 13.9. The number of amides is 2. The van der Waals surface area contributed by atoms with Crippen LogP contribution in [0.4, 0.5) is 10.5 Å². The summed E-state index contributed by atoms with van der Waals surface area (Å²) in [6.07, 6.45) is 1.12. The number of hydrogen-bond donors (Lipinski definition) is 3. The molecule has 8 heteroatoms. The van der Waals surface area contributed by atoms with Crippen molar-refractivity contribution in [1.82, 2.24) is 5.32 Å². The van der Waals surface area contributed by atoms with Crippen LogP contribution in [0.2, 0.25) is 18.1 Å². The number of piperidine rings is 1. The second kappa shape index (κ2) is 7.98. The summed E-state index contributed by atoms with van der Waals surface area (Å²) >= 11 is 0. The zero-order chi connectivity index (χ0) is 22.3. The highest BCUT2D eigenvalue weighted by atomic mass is 28.4. The van der Waals surface area contributed by atoms with Gasteiger partial charge in [-0.1, -0.05) is 32.9 Å². The maximum atomic E-state index is 13.1. The zero-order valence-corrected chi connectivity index (χ0v) is 19.7. The number of nitrogens with one attached hydrogen (secondary N) is 1. The Balaban J connectivity index is 1.84. The molecule has 0 spiro atoms. The molecule has 0 aromatic heterocycles. The Morgan fingerprint density at radius 1 is 1.30 bits per heavy atom. The van der Waals surface area contributed by atoms with Gasteiger partial charge in [0.05, 0.1) is 12.6 Å². The first-order valence-electron chi connectivity index (χ1n) is 10.7. The molecule has 2 aliphatic rings. The van der Waals surface area contributed by atoms with Crippen molar-refractivity contribution in [1.29, 1.82) is 0 Å². The molecular weight excluding hydrogens is 398 g/mol. The molecule has 4 N–H and O–H groups in total. The van der Waals surface area contributed by atoms with E-state index in [0.29, 0.717) is 19.5 Å². The molecule has 1 aliphatic carbocycles. The van der Waals surface area contributed by atoms with Gasteiger partial charge in [-0.15, -0.1) is 0 Å². The third-order valence-electron chi connectivity index (χ3n) is 7.05. The minimum Gasteiger partial charge on any atom is -0.465 e. The van der Waals surface area contributed by atoms with Gasteiger partial charge in [0, 0.05) is 24.1 Å². The SMILES string of the molecule is CC(C)(C)[Si](C)(C)OC1CC(NC(=O)O)C(=O)N(c2ccc(C3(CN)CC3)cc2)C1. The molecule has 0 radical (unpaired) electrons. The number of nitrogens with zero attached hydrogens (tertiary/aromatic N) is 1. The average molecular weight is 434 g/mol. The maximum Gasteiger partial charge on any atom is 0.405 e. The number of benzene rings is 1. The van der Waals surface area contributed by atoms with Gasteiger partial charge in [0.15, 0.2) is 8.32 Å². The van der Waals surface area contributed by atoms with Crippen LogP contribution in [-0.4, -0.2) is 50.7 Å². The number of hydrogen-bond acceptors (Lipinski definition) is 4. The number of carboxylic acid groups (broad SMARTS) is 1. The van der Waals surface area contributed by atoms with Crippen LogP contribution in [0.3, 0.4) is 0 Å². The largest absolute Gasteiger partial charge is 0.465 e. The molecule has 1 saturated carbocycles. The van der Waals surface area contributed by atoms with Gasteiger partial charge in [-0.25, -0.2) is 4.79 Å². The molecule has 7 nitrogen and oxygen atoms in total. The standard InChI is InChI=1S/C22H35N3O4Si/c1-21(2,3)30(4,5)29-17-12-18(24-20(27)28)19(26)25(13-17)16-8-6-15(7-9-16)22(14-23)10-11-22/h6-9,17-18,24H,10-14,23H2,1-5H3,(H,27,28). The fourth-order valence-electron chi connectivity index (χ4n) is 3.86. The van der Waals surface area contributed by atoms with Crippen LogP contribution in [0.25, 0.3) is 0 Å². The normalized spacial score (nSPS) is 23.9. The predicted molar refractivity (Wildman–Crippen MR) is 120 cm³/mol. The van der Waals surface area contributed by atoms with Crippen LogP contribution < -0.4 is 16.0 Å². The van der Waals surface area contributed by atoms with Crippen LogP contribution >= 0.6 is 0 Å². The minimum absolute atomic E-state index is 0.0253. The lowest BCUT2D eigenvalue weighted by molar-refractivity contribution is -0.123. The number of carbonyl (C=O) groups is 2. The number of carbonyl (C=O) groups excluding carboxylic acids is 1. The fraction of sp³-hybridized carbons (Fsp3) is 0.636. The highest BCUT2D eigenvalue weighted by Gasteiger charge is 2.44. The van der Waals surface area contributed by atoms with Crippen molar-refractivity contribution in [3.8, 4) is 0 Å². The van der Waals surface area contributed by atoms with E-state index in [1.54, 1.807) is 4.90 Å². The lowest BCUT2D eigenvalue weighted by atomic mass is 9.95. The molecule has 1 aromatic rings. The lowest BCUT2D eigenvalue weighted by Gasteiger charge is -2.44. The van der Waals surface area contributed by atoms with Gasteiger partial charge in [-0.05, 0) is 48.7 Å². The third-order valence-corrected chi connectivity index (χ3v) is 11.6. The van der Waals surface area contributed by atoms with Crippen LogP contribution in [0, 0.1) is 0 Å². The highest BCUT2D eigenvalue weighted by Crippen LogP contribution is 2.47. The van der Waals surface area contributed by atoms with Crippen molar-refractivity contribution in [3.63, 3.8) is 0 Å². The van der Waals surface area contributed by atoms with Crippen LogP contribution in [-0.2, 0) is 14.6 Å². The van der Waals surface area contributed by atoms with E-state index >= 15 is 0 Å². The molecule has 0 bridgehead atoms. The predicted octanol–water partition coefficient (Wildman–Crippen LogP) is 3.44. The monoisotopic (exact) mass is 433 g/mol. The summed E-state index contributed by atoms with van der Waals surface area (Å²) < 4.78 is 6.56. The number of anilines is 1. The van der Waals surface area contributed by atoms with Crippen molar-refractivity contribution < 1.29 is 19.1 Å². The van der Waals surface area contributed by atoms with E-state index in [-0.39, 0.29) is 22.5 Å². The average Bonchev–Trinajstić information content (AvgIpc) is 3.44. The first kappa shape index (κ1) is 22.8. The third kappa shape index (κ3) is 4.55. The van der Waals surface area contributed by atoms with Crippen LogP contribution in [0.1, 0.15) is 45.6 Å². The molecule has 2 amide bonds. The lowest BCUT2D eigenvalue weighted by Crippen LogP contribution is -2.59. The van der Waals surface area contributed by atoms with Crippen molar-refractivity contribution >= 4 is 26.0 Å². The van der Waals surface area contributed by atoms with Gasteiger partial charge in [0.25, 0.3) is 0 Å². The van der Waals surface area contributed by atoms with Gasteiger partial charge < -0.3 is 25.5 Å². The van der Waals surface area contributed by atoms with Gasteiger partial charge in [0.1, 0.15) is 6.04 Å². The molecule has 1 saturated heterocycles. The van der Waals surface area contributed by atoms with E-state index in [4.69, 9.17) is 10.2 Å². The Morgan fingerprint density at radius 2 is 1.90 bits per heavy atom. The second-order valence-electron chi connectivity index (χ2n) is 10.2. The smallest absolute Gasteiger partial charge is 0.405 e. The Bertz CT molecular complexity index is 800.